The van der Waals surface area contributed by atoms with Crippen LogP contribution in [0.25, 0.3) is 16.9 Å². The van der Waals surface area contributed by atoms with Gasteiger partial charge in [0.25, 0.3) is 0 Å². The molecule has 0 spiro atoms. The number of urea groups is 1. The van der Waals surface area contributed by atoms with Crippen molar-refractivity contribution in [2.24, 2.45) is 7.05 Å². The quantitative estimate of drug-likeness (QED) is 0.244. The number of anilines is 2. The van der Waals surface area contributed by atoms with Crippen LogP contribution in [-0.2, 0) is 20.0 Å². The van der Waals surface area contributed by atoms with Gasteiger partial charge in [-0.3, -0.25) is 15.0 Å². The fourth-order valence-electron chi connectivity index (χ4n) is 4.99. The SMILES string of the molecule is CC(C)c1cc(NC(=O)Nc2ccc(Oc3ccnc(-c4cnn(C)c4)c3)cc2)n(-c2ccc3c(c2)CCN(C)C3)n1. The van der Waals surface area contributed by atoms with E-state index in [9.17, 15) is 4.79 Å². The summed E-state index contributed by atoms with van der Waals surface area (Å²) in [4.78, 5) is 19.8. The van der Waals surface area contributed by atoms with E-state index in [0.29, 0.717) is 23.0 Å². The number of aromatic nitrogens is 5. The van der Waals surface area contributed by atoms with Gasteiger partial charge in [-0.1, -0.05) is 19.9 Å². The molecule has 42 heavy (non-hydrogen) atoms. The first-order valence-electron chi connectivity index (χ1n) is 14.0. The number of benzene rings is 2. The Labute approximate surface area is 245 Å². The fourth-order valence-corrected chi connectivity index (χ4v) is 4.99. The molecule has 214 valence electrons. The van der Waals surface area contributed by atoms with Gasteiger partial charge in [0.2, 0.25) is 0 Å². The van der Waals surface area contributed by atoms with Crippen LogP contribution < -0.4 is 15.4 Å². The summed E-state index contributed by atoms with van der Waals surface area (Å²) in [7, 11) is 4.01. The average molecular weight is 563 g/mol. The lowest BCUT2D eigenvalue weighted by molar-refractivity contribution is 0.262. The maximum Gasteiger partial charge on any atom is 0.324 e. The molecule has 0 fully saturated rings. The van der Waals surface area contributed by atoms with Gasteiger partial charge in [0.15, 0.2) is 0 Å². The van der Waals surface area contributed by atoms with Gasteiger partial charge in [-0.15, -0.1) is 0 Å². The summed E-state index contributed by atoms with van der Waals surface area (Å²) in [5.41, 5.74) is 6.83. The van der Waals surface area contributed by atoms with Crippen LogP contribution in [0.4, 0.5) is 16.3 Å². The van der Waals surface area contributed by atoms with E-state index in [1.54, 1.807) is 35.3 Å². The second kappa shape index (κ2) is 11.5. The molecular formula is C32H34N8O2. The highest BCUT2D eigenvalue weighted by atomic mass is 16.5. The summed E-state index contributed by atoms with van der Waals surface area (Å²) in [5, 5.41) is 14.9. The smallest absolute Gasteiger partial charge is 0.324 e. The van der Waals surface area contributed by atoms with E-state index in [2.05, 4.69) is 64.7 Å². The largest absolute Gasteiger partial charge is 0.457 e. The van der Waals surface area contributed by atoms with Crippen LogP contribution in [0.3, 0.4) is 0 Å². The number of hydrogen-bond donors (Lipinski definition) is 2. The van der Waals surface area contributed by atoms with Gasteiger partial charge in [-0.25, -0.2) is 9.48 Å². The molecule has 4 heterocycles. The molecule has 0 unspecified atom stereocenters. The molecule has 0 saturated carbocycles. The lowest BCUT2D eigenvalue weighted by atomic mass is 9.99. The summed E-state index contributed by atoms with van der Waals surface area (Å²) in [6.07, 6.45) is 6.36. The van der Waals surface area contributed by atoms with E-state index in [1.807, 2.05) is 42.2 Å². The van der Waals surface area contributed by atoms with Crippen LogP contribution in [0.2, 0.25) is 0 Å². The zero-order valence-corrected chi connectivity index (χ0v) is 24.2. The summed E-state index contributed by atoms with van der Waals surface area (Å²) < 4.78 is 9.58. The van der Waals surface area contributed by atoms with Gasteiger partial charge in [-0.05, 0) is 73.0 Å². The fraction of sp³-hybridized carbons (Fsp3) is 0.250. The standard InChI is InChI=1S/C32H34N8O2/c1-21(2)29-17-31(40(37-29)26-8-5-23-19-38(3)14-12-22(23)15-26)36-32(41)35-25-6-9-27(10-7-25)42-28-11-13-33-30(16-28)24-18-34-39(4)20-24/h5-11,13,15-18,20-21H,12,14,19H2,1-4H3,(H2,35,36,41). The number of hydrogen-bond acceptors (Lipinski definition) is 6. The van der Waals surface area contributed by atoms with Crippen molar-refractivity contribution in [1.29, 1.82) is 0 Å². The van der Waals surface area contributed by atoms with Crippen LogP contribution in [0.1, 0.15) is 36.6 Å². The number of carbonyl (C=O) groups excluding carboxylic acids is 1. The van der Waals surface area contributed by atoms with Crippen molar-refractivity contribution in [3.8, 4) is 28.4 Å². The van der Waals surface area contributed by atoms with Gasteiger partial charge in [0, 0.05) is 55.9 Å². The molecule has 6 rings (SSSR count). The molecule has 0 aliphatic carbocycles. The topological polar surface area (TPSA) is 102 Å². The van der Waals surface area contributed by atoms with Gasteiger partial charge in [0.1, 0.15) is 17.3 Å². The van der Waals surface area contributed by atoms with Crippen molar-refractivity contribution in [1.82, 2.24) is 29.4 Å². The normalized spacial score (nSPS) is 13.2. The lowest BCUT2D eigenvalue weighted by Crippen LogP contribution is -2.26. The molecule has 1 aliphatic heterocycles. The minimum Gasteiger partial charge on any atom is -0.457 e. The Morgan fingerprint density at radius 2 is 1.79 bits per heavy atom. The molecule has 10 nitrogen and oxygen atoms in total. The molecular weight excluding hydrogens is 528 g/mol. The zero-order valence-electron chi connectivity index (χ0n) is 24.2. The van der Waals surface area contributed by atoms with Crippen molar-refractivity contribution >= 4 is 17.5 Å². The third-order valence-electron chi connectivity index (χ3n) is 7.28. The van der Waals surface area contributed by atoms with E-state index >= 15 is 0 Å². The Hall–Kier alpha value is -4.96. The molecule has 0 atom stereocenters. The van der Waals surface area contributed by atoms with E-state index in [4.69, 9.17) is 9.84 Å². The number of nitrogens with zero attached hydrogens (tertiary/aromatic N) is 6. The van der Waals surface area contributed by atoms with Gasteiger partial charge < -0.3 is 15.0 Å². The molecule has 0 saturated heterocycles. The van der Waals surface area contributed by atoms with E-state index in [1.165, 1.54) is 11.1 Å². The van der Waals surface area contributed by atoms with Crippen LogP contribution >= 0.6 is 0 Å². The Balaban J connectivity index is 1.14. The first kappa shape index (κ1) is 27.2. The number of rotatable bonds is 7. The van der Waals surface area contributed by atoms with Crippen molar-refractivity contribution in [2.75, 3.05) is 24.2 Å². The number of amides is 2. The molecule has 3 aromatic heterocycles. The minimum atomic E-state index is -0.352. The Morgan fingerprint density at radius 3 is 2.55 bits per heavy atom. The molecule has 2 N–H and O–H groups in total. The zero-order chi connectivity index (χ0) is 29.2. The number of pyridine rings is 1. The highest BCUT2D eigenvalue weighted by Crippen LogP contribution is 2.28. The van der Waals surface area contributed by atoms with Crippen molar-refractivity contribution < 1.29 is 9.53 Å². The monoisotopic (exact) mass is 562 g/mol. The van der Waals surface area contributed by atoms with Crippen molar-refractivity contribution in [3.05, 3.63) is 96.1 Å². The average Bonchev–Trinajstić information content (AvgIpc) is 3.60. The number of aryl methyl sites for hydroxylation is 1. The predicted molar refractivity (Wildman–Crippen MR) is 163 cm³/mol. The Kier molecular flexibility index (Phi) is 7.45. The second-order valence-corrected chi connectivity index (χ2v) is 10.9. The summed E-state index contributed by atoms with van der Waals surface area (Å²) in [6.45, 7) is 6.15. The summed E-state index contributed by atoms with van der Waals surface area (Å²) in [5.74, 6) is 2.13. The predicted octanol–water partition coefficient (Wildman–Crippen LogP) is 6.22. The molecule has 0 radical (unpaired) electrons. The van der Waals surface area contributed by atoms with E-state index in [0.717, 1.165) is 42.1 Å². The third kappa shape index (κ3) is 6.03. The summed E-state index contributed by atoms with van der Waals surface area (Å²) in [6, 6.07) is 18.9. The molecule has 2 amide bonds. The maximum absolute atomic E-state index is 13.0. The third-order valence-corrected chi connectivity index (χ3v) is 7.28. The van der Waals surface area contributed by atoms with Crippen LogP contribution in [0.15, 0.2) is 79.3 Å². The van der Waals surface area contributed by atoms with Crippen LogP contribution in [0, 0.1) is 0 Å². The number of ether oxygens (including phenoxy) is 1. The van der Waals surface area contributed by atoms with E-state index in [-0.39, 0.29) is 11.9 Å². The van der Waals surface area contributed by atoms with Crippen molar-refractivity contribution in [3.63, 3.8) is 0 Å². The molecule has 0 bridgehead atoms. The molecule has 2 aromatic carbocycles. The number of nitrogens with one attached hydrogen (secondary N) is 2. The molecule has 1 aliphatic rings. The highest BCUT2D eigenvalue weighted by Gasteiger charge is 2.18. The highest BCUT2D eigenvalue weighted by molar-refractivity contribution is 5.99. The Bertz CT molecular complexity index is 1720. The number of likely N-dealkylation sites (N-methyl/N-ethyl adjacent to an activating group) is 1. The number of fused-ring (bicyclic) bond motifs is 1. The number of carbonyl (C=O) groups is 1. The maximum atomic E-state index is 13.0. The Morgan fingerprint density at radius 1 is 0.952 bits per heavy atom. The van der Waals surface area contributed by atoms with Gasteiger partial charge in [-0.2, -0.15) is 10.2 Å². The van der Waals surface area contributed by atoms with Crippen LogP contribution in [-0.4, -0.2) is 49.1 Å². The minimum absolute atomic E-state index is 0.217. The summed E-state index contributed by atoms with van der Waals surface area (Å²) >= 11 is 0. The lowest BCUT2D eigenvalue weighted by Gasteiger charge is -2.25. The van der Waals surface area contributed by atoms with Gasteiger partial charge in [0.05, 0.1) is 23.3 Å². The first-order valence-corrected chi connectivity index (χ1v) is 14.0. The van der Waals surface area contributed by atoms with Crippen LogP contribution in [0.5, 0.6) is 11.5 Å². The second-order valence-electron chi connectivity index (χ2n) is 10.9. The molecule has 5 aromatic rings. The molecule has 10 heteroatoms. The van der Waals surface area contributed by atoms with E-state index < -0.39 is 0 Å². The van der Waals surface area contributed by atoms with Crippen molar-refractivity contribution in [2.45, 2.75) is 32.7 Å². The first-order chi connectivity index (χ1) is 20.3. The van der Waals surface area contributed by atoms with Gasteiger partial charge >= 0.3 is 6.03 Å².